The van der Waals surface area contributed by atoms with Crippen LogP contribution in [0, 0.1) is 6.08 Å². The Morgan fingerprint density at radius 3 is 2.64 bits per heavy atom. The first-order valence-electron chi connectivity index (χ1n) is 2.51. The van der Waals surface area contributed by atoms with Crippen LogP contribution in [0.2, 0.25) is 0 Å². The minimum atomic E-state index is -1.26. The number of halogens is 3. The van der Waals surface area contributed by atoms with Gasteiger partial charge in [-0.3, -0.25) is 4.79 Å². The minimum Gasteiger partial charge on any atom is -0.287 e. The quantitative estimate of drug-likeness (QED) is 0.567. The lowest BCUT2D eigenvalue weighted by Gasteiger charge is -1.91. The molecule has 0 aromatic carbocycles. The van der Waals surface area contributed by atoms with Crippen molar-refractivity contribution < 1.29 is 9.18 Å². The fourth-order valence-corrected chi connectivity index (χ4v) is 0.645. The number of nitrogens with zero attached hydrogens (tertiary/aromatic N) is 2. The summed E-state index contributed by atoms with van der Waals surface area (Å²) >= 11 is 10.3. The fourth-order valence-electron chi connectivity index (χ4n) is 0.450. The van der Waals surface area contributed by atoms with Gasteiger partial charge in [0.25, 0.3) is 0 Å². The van der Waals surface area contributed by atoms with Gasteiger partial charge in [-0.15, -0.1) is 5.10 Å². The zero-order chi connectivity index (χ0) is 8.43. The molecule has 1 heterocycles. The Labute approximate surface area is 70.7 Å². The van der Waals surface area contributed by atoms with Gasteiger partial charge in [-0.1, -0.05) is 23.2 Å². The third kappa shape index (κ3) is 1.87. The van der Waals surface area contributed by atoms with E-state index in [1.807, 2.05) is 5.10 Å². The Bertz CT molecular complexity index is 274. The Balaban J connectivity index is 2.85. The highest BCUT2D eigenvalue weighted by Gasteiger charge is 2.18. The molecule has 0 radical (unpaired) electrons. The molecule has 0 atom stereocenters. The summed E-state index contributed by atoms with van der Waals surface area (Å²) in [5, 5.41) is 5.05. The van der Waals surface area contributed by atoms with Crippen molar-refractivity contribution in [1.29, 1.82) is 0 Å². The van der Waals surface area contributed by atoms with Crippen LogP contribution in [0.25, 0.3) is 0 Å². The Hall–Kier alpha value is -0.680. The van der Waals surface area contributed by atoms with Crippen LogP contribution in [0.15, 0.2) is 0 Å². The monoisotopic (exact) mass is 197 g/mol. The number of H-pyrrole nitrogens is 1. The molecule has 0 fully saturated rings. The highest BCUT2D eigenvalue weighted by molar-refractivity contribution is 6.55. The first-order chi connectivity index (χ1) is 5.11. The number of aromatic nitrogens is 3. The lowest BCUT2D eigenvalue weighted by molar-refractivity contribution is 0.0997. The third-order valence-electron chi connectivity index (χ3n) is 0.877. The Morgan fingerprint density at radius 1 is 1.64 bits per heavy atom. The average Bonchev–Trinajstić information content (AvgIpc) is 2.34. The maximum absolute atomic E-state index is 12.1. The predicted molar refractivity (Wildman–Crippen MR) is 36.2 cm³/mol. The highest BCUT2D eigenvalue weighted by Crippen LogP contribution is 2.07. The molecule has 0 aliphatic carbocycles. The number of carbonyl (C=O) groups excluding carboxylic acids is 1. The number of ketones is 1. The molecule has 0 spiro atoms. The van der Waals surface area contributed by atoms with Crippen molar-refractivity contribution in [3.05, 3.63) is 11.9 Å². The zero-order valence-electron chi connectivity index (χ0n) is 5.01. The Kier molecular flexibility index (Phi) is 2.41. The molecule has 0 aliphatic rings. The van der Waals surface area contributed by atoms with Crippen molar-refractivity contribution in [2.75, 3.05) is 0 Å². The second-order valence-corrected chi connectivity index (χ2v) is 2.71. The van der Waals surface area contributed by atoms with Crippen molar-refractivity contribution in [3.63, 3.8) is 0 Å². The van der Waals surface area contributed by atoms with Crippen molar-refractivity contribution in [2.45, 2.75) is 4.84 Å². The molecule has 0 bridgehead atoms. The smallest absolute Gasteiger partial charge is 0.287 e. The van der Waals surface area contributed by atoms with E-state index in [4.69, 9.17) is 23.2 Å². The number of rotatable bonds is 2. The molecular weight excluding hydrogens is 196 g/mol. The number of alkyl halides is 2. The van der Waals surface area contributed by atoms with Gasteiger partial charge in [-0.25, -0.2) is 5.10 Å². The van der Waals surface area contributed by atoms with Gasteiger partial charge in [-0.2, -0.15) is 9.37 Å². The van der Waals surface area contributed by atoms with Gasteiger partial charge >= 0.3 is 6.08 Å². The SMILES string of the molecule is O=C(c1n[nH]c(F)n1)C(Cl)Cl. The van der Waals surface area contributed by atoms with Crippen LogP contribution >= 0.6 is 23.2 Å². The molecule has 0 amide bonds. The number of nitrogens with one attached hydrogen (secondary N) is 1. The molecule has 60 valence electrons. The summed E-state index contributed by atoms with van der Waals surface area (Å²) in [6, 6.07) is 0. The number of carbonyl (C=O) groups is 1. The summed E-state index contributed by atoms with van der Waals surface area (Å²) in [5.74, 6) is -1.08. The van der Waals surface area contributed by atoms with Gasteiger partial charge in [0.15, 0.2) is 4.84 Å². The van der Waals surface area contributed by atoms with Crippen LogP contribution in [-0.2, 0) is 0 Å². The van der Waals surface area contributed by atoms with Crippen molar-refractivity contribution in [1.82, 2.24) is 15.2 Å². The molecular formula is C4H2Cl2FN3O. The first kappa shape index (κ1) is 8.42. The molecule has 0 saturated carbocycles. The molecule has 0 saturated heterocycles. The second-order valence-electron chi connectivity index (χ2n) is 1.61. The summed E-state index contributed by atoms with van der Waals surface area (Å²) < 4.78 is 12.1. The number of Topliss-reactive ketones (excluding diaryl/α,β-unsaturated/α-hetero) is 1. The van der Waals surface area contributed by atoms with Crippen LogP contribution in [0.5, 0.6) is 0 Å². The van der Waals surface area contributed by atoms with Crippen LogP contribution in [0.1, 0.15) is 10.6 Å². The molecule has 1 N–H and O–H groups in total. The van der Waals surface area contributed by atoms with Crippen molar-refractivity contribution in [2.24, 2.45) is 0 Å². The first-order valence-corrected chi connectivity index (χ1v) is 3.39. The lowest BCUT2D eigenvalue weighted by atomic mass is 10.4. The summed E-state index contributed by atoms with van der Waals surface area (Å²) in [4.78, 5) is 12.6. The van der Waals surface area contributed by atoms with E-state index < -0.39 is 16.7 Å². The van der Waals surface area contributed by atoms with E-state index in [2.05, 4.69) is 10.1 Å². The molecule has 11 heavy (non-hydrogen) atoms. The van der Waals surface area contributed by atoms with Gasteiger partial charge in [0.05, 0.1) is 0 Å². The zero-order valence-corrected chi connectivity index (χ0v) is 6.53. The minimum absolute atomic E-state index is 0.350. The largest absolute Gasteiger partial charge is 0.305 e. The van der Waals surface area contributed by atoms with Crippen LogP contribution in [-0.4, -0.2) is 25.8 Å². The van der Waals surface area contributed by atoms with E-state index in [1.165, 1.54) is 0 Å². The molecule has 0 aliphatic heterocycles. The lowest BCUT2D eigenvalue weighted by Crippen LogP contribution is -2.10. The molecule has 1 aromatic rings. The van der Waals surface area contributed by atoms with Crippen molar-refractivity contribution >= 4 is 29.0 Å². The van der Waals surface area contributed by atoms with Gasteiger partial charge < -0.3 is 0 Å². The van der Waals surface area contributed by atoms with E-state index in [-0.39, 0.29) is 5.82 Å². The van der Waals surface area contributed by atoms with Crippen LogP contribution in [0.4, 0.5) is 4.39 Å². The fraction of sp³-hybridized carbons (Fsp3) is 0.250. The predicted octanol–water partition coefficient (Wildman–Crippen LogP) is 0.930. The summed E-state index contributed by atoms with van der Waals surface area (Å²) in [6.45, 7) is 0. The maximum Gasteiger partial charge on any atom is 0.305 e. The Morgan fingerprint density at radius 2 is 2.27 bits per heavy atom. The normalized spacial score (nSPS) is 10.5. The third-order valence-corrected chi connectivity index (χ3v) is 1.27. The summed E-state index contributed by atoms with van der Waals surface area (Å²) in [7, 11) is 0. The van der Waals surface area contributed by atoms with Crippen LogP contribution < -0.4 is 0 Å². The average molecular weight is 198 g/mol. The molecule has 4 nitrogen and oxygen atoms in total. The topological polar surface area (TPSA) is 58.6 Å². The van der Waals surface area contributed by atoms with E-state index >= 15 is 0 Å². The molecule has 7 heteroatoms. The van der Waals surface area contributed by atoms with E-state index in [1.54, 1.807) is 0 Å². The van der Waals surface area contributed by atoms with E-state index in [9.17, 15) is 9.18 Å². The number of hydrogen-bond donors (Lipinski definition) is 1. The van der Waals surface area contributed by atoms with Gasteiger partial charge in [-0.05, 0) is 0 Å². The van der Waals surface area contributed by atoms with E-state index in [0.717, 1.165) is 0 Å². The van der Waals surface area contributed by atoms with Gasteiger partial charge in [0.2, 0.25) is 11.6 Å². The van der Waals surface area contributed by atoms with E-state index in [0.29, 0.717) is 0 Å². The van der Waals surface area contributed by atoms with Gasteiger partial charge in [0.1, 0.15) is 0 Å². The maximum atomic E-state index is 12.1. The molecule has 0 unspecified atom stereocenters. The number of aromatic amines is 1. The molecule has 1 rings (SSSR count). The van der Waals surface area contributed by atoms with Crippen molar-refractivity contribution in [3.8, 4) is 0 Å². The number of hydrogen-bond acceptors (Lipinski definition) is 3. The summed E-state index contributed by atoms with van der Waals surface area (Å²) in [6.07, 6.45) is -0.942. The highest BCUT2D eigenvalue weighted by atomic mass is 35.5. The molecule has 1 aromatic heterocycles. The standard InChI is InChI=1S/C4H2Cl2FN3O/c5-2(6)1(11)3-8-4(7)10-9-3/h2H,(H,8,9,10). The van der Waals surface area contributed by atoms with Gasteiger partial charge in [0, 0.05) is 0 Å². The summed E-state index contributed by atoms with van der Waals surface area (Å²) in [5.41, 5.74) is 0. The van der Waals surface area contributed by atoms with Crippen LogP contribution in [0.3, 0.4) is 0 Å². The second kappa shape index (κ2) is 3.15.